The van der Waals surface area contributed by atoms with Crippen LogP contribution in [0.15, 0.2) is 46.1 Å². The van der Waals surface area contributed by atoms with E-state index in [1.165, 1.54) is 17.7 Å². The van der Waals surface area contributed by atoms with E-state index in [1.54, 1.807) is 0 Å². The second-order valence-electron chi connectivity index (χ2n) is 3.94. The summed E-state index contributed by atoms with van der Waals surface area (Å²) in [6, 6.07) is 0. The highest BCUT2D eigenvalue weighted by atomic mass is 79.9. The van der Waals surface area contributed by atoms with Crippen LogP contribution in [0, 0.1) is 0 Å². The van der Waals surface area contributed by atoms with E-state index in [1.807, 2.05) is 0 Å². The van der Waals surface area contributed by atoms with E-state index in [0.717, 1.165) is 23.9 Å². The first-order chi connectivity index (χ1) is 8.26. The Morgan fingerprint density at radius 3 is 3.06 bits per heavy atom. The molecule has 0 aromatic heterocycles. The Morgan fingerprint density at radius 2 is 2.41 bits per heavy atom. The molecule has 1 N–H and O–H groups in total. The number of dihydropyridines is 1. The van der Waals surface area contributed by atoms with Crippen molar-refractivity contribution in [2.45, 2.75) is 26.2 Å². The van der Waals surface area contributed by atoms with Gasteiger partial charge in [0.2, 0.25) is 0 Å². The smallest absolute Gasteiger partial charge is 0.0409 e. The van der Waals surface area contributed by atoms with E-state index < -0.39 is 0 Å². The molecule has 0 saturated carbocycles. The number of alkyl halides is 1. The summed E-state index contributed by atoms with van der Waals surface area (Å²) in [6.45, 7) is 3.07. The summed E-state index contributed by atoms with van der Waals surface area (Å²) in [7, 11) is 0. The molecule has 1 aliphatic heterocycles. The fourth-order valence-electron chi connectivity index (χ4n) is 1.59. The molecule has 0 fully saturated rings. The quantitative estimate of drug-likeness (QED) is 0.555. The third-order valence-corrected chi connectivity index (χ3v) is 3.17. The van der Waals surface area contributed by atoms with Crippen LogP contribution < -0.4 is 5.32 Å². The molecule has 0 bridgehead atoms. The zero-order chi connectivity index (χ0) is 12.5. The minimum Gasteiger partial charge on any atom is -0.385 e. The molecule has 0 atom stereocenters. The molecule has 0 unspecified atom stereocenters. The molecule has 0 spiro atoms. The number of halogens is 2. The van der Waals surface area contributed by atoms with Gasteiger partial charge in [-0.2, -0.15) is 0 Å². The van der Waals surface area contributed by atoms with E-state index in [0.29, 0.717) is 5.88 Å². The summed E-state index contributed by atoms with van der Waals surface area (Å²) >= 11 is 9.29. The maximum atomic E-state index is 5.78. The monoisotopic (exact) mass is 315 g/mol. The molecule has 3 heteroatoms. The van der Waals surface area contributed by atoms with Crippen LogP contribution in [0.1, 0.15) is 26.2 Å². The van der Waals surface area contributed by atoms with Crippen molar-refractivity contribution in [1.82, 2.24) is 5.32 Å². The maximum Gasteiger partial charge on any atom is 0.0409 e. The topological polar surface area (TPSA) is 12.0 Å². The lowest BCUT2D eigenvalue weighted by molar-refractivity contribution is 0.845. The van der Waals surface area contributed by atoms with Gasteiger partial charge < -0.3 is 5.32 Å². The highest BCUT2D eigenvalue weighted by Crippen LogP contribution is 2.18. The second-order valence-corrected chi connectivity index (χ2v) is 5.16. The predicted octanol–water partition coefficient (Wildman–Crippen LogP) is 4.66. The van der Waals surface area contributed by atoms with Gasteiger partial charge >= 0.3 is 0 Å². The van der Waals surface area contributed by atoms with Crippen LogP contribution in [0.4, 0.5) is 0 Å². The van der Waals surface area contributed by atoms with Gasteiger partial charge in [0.15, 0.2) is 0 Å². The van der Waals surface area contributed by atoms with Crippen molar-refractivity contribution >= 4 is 27.5 Å². The van der Waals surface area contributed by atoms with Crippen LogP contribution in [0.2, 0.25) is 0 Å². The van der Waals surface area contributed by atoms with E-state index in [4.69, 9.17) is 11.6 Å². The van der Waals surface area contributed by atoms with Crippen LogP contribution in [0.5, 0.6) is 0 Å². The maximum absolute atomic E-state index is 5.78. The number of allylic oxidation sites excluding steroid dienone is 6. The second kappa shape index (κ2) is 8.60. The van der Waals surface area contributed by atoms with Gasteiger partial charge in [-0.1, -0.05) is 53.6 Å². The van der Waals surface area contributed by atoms with Crippen LogP contribution in [0.25, 0.3) is 0 Å². The van der Waals surface area contributed by atoms with Crippen LogP contribution >= 0.6 is 27.5 Å². The third kappa shape index (κ3) is 6.13. The summed E-state index contributed by atoms with van der Waals surface area (Å²) < 4.78 is 1.15. The average Bonchev–Trinajstić information content (AvgIpc) is 2.29. The Balaban J connectivity index is 2.61. The lowest BCUT2D eigenvalue weighted by Gasteiger charge is -2.14. The van der Waals surface area contributed by atoms with Crippen molar-refractivity contribution in [1.29, 1.82) is 0 Å². The van der Waals surface area contributed by atoms with Gasteiger partial charge in [-0.15, -0.1) is 11.6 Å². The van der Waals surface area contributed by atoms with Gasteiger partial charge in [0.25, 0.3) is 0 Å². The summed E-state index contributed by atoms with van der Waals surface area (Å²) in [4.78, 5) is 0. The van der Waals surface area contributed by atoms with Crippen molar-refractivity contribution < 1.29 is 0 Å². The van der Waals surface area contributed by atoms with Gasteiger partial charge in [0.1, 0.15) is 0 Å². The summed E-state index contributed by atoms with van der Waals surface area (Å²) in [5.74, 6) is 0.566. The van der Waals surface area contributed by atoms with Crippen molar-refractivity contribution in [3.63, 3.8) is 0 Å². The molecule has 0 amide bonds. The van der Waals surface area contributed by atoms with Gasteiger partial charge in [-0.3, -0.25) is 0 Å². The number of rotatable bonds is 6. The van der Waals surface area contributed by atoms with Gasteiger partial charge in [0, 0.05) is 29.0 Å². The lowest BCUT2D eigenvalue weighted by atomic mass is 10.1. The molecule has 0 saturated heterocycles. The fraction of sp³-hybridized carbons (Fsp3) is 0.429. The summed E-state index contributed by atoms with van der Waals surface area (Å²) in [5.41, 5.74) is 2.51. The first-order valence-electron chi connectivity index (χ1n) is 5.98. The van der Waals surface area contributed by atoms with E-state index in [9.17, 15) is 0 Å². The molecule has 0 aromatic carbocycles. The van der Waals surface area contributed by atoms with E-state index in [-0.39, 0.29) is 0 Å². The van der Waals surface area contributed by atoms with E-state index >= 15 is 0 Å². The first kappa shape index (κ1) is 14.6. The molecule has 17 heavy (non-hydrogen) atoms. The minimum absolute atomic E-state index is 0.566. The first-order valence-corrected chi connectivity index (χ1v) is 7.30. The zero-order valence-electron chi connectivity index (χ0n) is 10.2. The number of nitrogens with one attached hydrogen (secondary N) is 1. The standard InChI is InChI=1S/C14H19BrClN/c1-2-3-4-5-12(6-8-16)10-14-11-13(15)7-9-17-14/h4-7,11,17H,2-3,8-10H2,1H3/b5-4-,12-6+. The Morgan fingerprint density at radius 1 is 1.59 bits per heavy atom. The highest BCUT2D eigenvalue weighted by Gasteiger charge is 2.04. The van der Waals surface area contributed by atoms with Crippen molar-refractivity contribution in [3.05, 3.63) is 46.1 Å². The molecule has 1 heterocycles. The molecule has 0 aromatic rings. The van der Waals surface area contributed by atoms with Crippen LogP contribution in [-0.4, -0.2) is 12.4 Å². The lowest BCUT2D eigenvalue weighted by Crippen LogP contribution is -2.16. The van der Waals surface area contributed by atoms with Crippen LogP contribution in [-0.2, 0) is 0 Å². The molecular formula is C14H19BrClN. The molecule has 0 aliphatic carbocycles. The highest BCUT2D eigenvalue weighted by molar-refractivity contribution is 9.11. The molecule has 1 aliphatic rings. The van der Waals surface area contributed by atoms with Crippen molar-refractivity contribution in [2.24, 2.45) is 0 Å². The number of unbranched alkanes of at least 4 members (excludes halogenated alkanes) is 1. The predicted molar refractivity (Wildman–Crippen MR) is 80.6 cm³/mol. The Kier molecular flexibility index (Phi) is 7.38. The third-order valence-electron chi connectivity index (χ3n) is 2.46. The number of hydrogen-bond donors (Lipinski definition) is 1. The number of hydrogen-bond acceptors (Lipinski definition) is 1. The fourth-order valence-corrected chi connectivity index (χ4v) is 2.23. The molecule has 1 rings (SSSR count). The largest absolute Gasteiger partial charge is 0.385 e. The SMILES string of the molecule is CCC/C=C\C(=C/CCl)CC1=CC(Br)=CCN1. The van der Waals surface area contributed by atoms with Gasteiger partial charge in [0.05, 0.1) is 0 Å². The van der Waals surface area contributed by atoms with Crippen molar-refractivity contribution in [2.75, 3.05) is 12.4 Å². The minimum atomic E-state index is 0.566. The average molecular weight is 317 g/mol. The zero-order valence-corrected chi connectivity index (χ0v) is 12.5. The molecule has 0 radical (unpaired) electrons. The Bertz CT molecular complexity index is 353. The normalized spacial score (nSPS) is 16.8. The van der Waals surface area contributed by atoms with Crippen LogP contribution in [0.3, 0.4) is 0 Å². The van der Waals surface area contributed by atoms with Gasteiger partial charge in [-0.25, -0.2) is 0 Å². The summed E-state index contributed by atoms with van der Waals surface area (Å²) in [6.07, 6.45) is 13.9. The molecular weight excluding hydrogens is 298 g/mol. The van der Waals surface area contributed by atoms with E-state index in [2.05, 4.69) is 58.6 Å². The summed E-state index contributed by atoms with van der Waals surface area (Å²) in [5, 5.41) is 3.37. The molecule has 1 nitrogen and oxygen atoms in total. The Hall–Kier alpha value is -0.470. The Labute approximate surface area is 117 Å². The van der Waals surface area contributed by atoms with Gasteiger partial charge in [-0.05, 0) is 18.1 Å². The molecule has 94 valence electrons. The van der Waals surface area contributed by atoms with Crippen molar-refractivity contribution in [3.8, 4) is 0 Å².